The van der Waals surface area contributed by atoms with Crippen LogP contribution in [-0.2, 0) is 0 Å². The molecular formula is C22H23FN2. The van der Waals surface area contributed by atoms with Gasteiger partial charge in [-0.15, -0.1) is 0 Å². The van der Waals surface area contributed by atoms with Crippen LogP contribution in [0.4, 0.5) is 15.8 Å². The predicted octanol–water partition coefficient (Wildman–Crippen LogP) is 5.42. The monoisotopic (exact) mass is 334 g/mol. The minimum atomic E-state index is -0.214. The number of likely N-dealkylation sites (N-methyl/N-ethyl adjacent to an activating group) is 1. The third-order valence-corrected chi connectivity index (χ3v) is 4.32. The van der Waals surface area contributed by atoms with Crippen molar-refractivity contribution < 1.29 is 4.39 Å². The maximum Gasteiger partial charge on any atom is 0.123 e. The number of para-hydroxylation sites is 1. The lowest BCUT2D eigenvalue weighted by atomic mass is 10.1. The first-order valence-corrected chi connectivity index (χ1v) is 8.47. The van der Waals surface area contributed by atoms with Gasteiger partial charge in [0.05, 0.1) is 6.04 Å². The number of nitrogens with one attached hydrogen (secondary N) is 1. The van der Waals surface area contributed by atoms with E-state index in [0.29, 0.717) is 0 Å². The first-order valence-electron chi connectivity index (χ1n) is 8.47. The van der Waals surface area contributed by atoms with Gasteiger partial charge >= 0.3 is 0 Å². The van der Waals surface area contributed by atoms with Crippen LogP contribution < -0.4 is 10.2 Å². The SMILES string of the molecule is Cc1ccc(N(C)CC(Nc2ccccc2)c2ccc(F)cc2)cc1. The molecule has 3 rings (SSSR count). The number of aryl methyl sites for hydroxylation is 1. The Balaban J connectivity index is 1.82. The van der Waals surface area contributed by atoms with Gasteiger partial charge in [-0.05, 0) is 48.9 Å². The lowest BCUT2D eigenvalue weighted by Crippen LogP contribution is -2.28. The zero-order valence-electron chi connectivity index (χ0n) is 14.6. The van der Waals surface area contributed by atoms with Gasteiger partial charge in [-0.25, -0.2) is 4.39 Å². The standard InChI is InChI=1S/C22H23FN2/c1-17-8-14-21(15-9-17)25(2)16-22(18-10-12-19(23)13-11-18)24-20-6-4-3-5-7-20/h3-15,22,24H,16H2,1-2H3. The number of hydrogen-bond acceptors (Lipinski definition) is 2. The summed E-state index contributed by atoms with van der Waals surface area (Å²) in [7, 11) is 2.08. The van der Waals surface area contributed by atoms with E-state index in [1.54, 1.807) is 0 Å². The van der Waals surface area contributed by atoms with E-state index < -0.39 is 0 Å². The molecule has 0 saturated carbocycles. The second-order valence-corrected chi connectivity index (χ2v) is 6.33. The topological polar surface area (TPSA) is 15.3 Å². The Morgan fingerprint density at radius 2 is 1.52 bits per heavy atom. The van der Waals surface area contributed by atoms with Gasteiger partial charge in [-0.2, -0.15) is 0 Å². The molecule has 0 aliphatic carbocycles. The average Bonchev–Trinajstić information content (AvgIpc) is 2.63. The Morgan fingerprint density at radius 1 is 0.880 bits per heavy atom. The van der Waals surface area contributed by atoms with Gasteiger partial charge in [0.2, 0.25) is 0 Å². The summed E-state index contributed by atoms with van der Waals surface area (Å²) in [4.78, 5) is 2.21. The summed E-state index contributed by atoms with van der Waals surface area (Å²) in [6.45, 7) is 2.85. The van der Waals surface area contributed by atoms with E-state index in [2.05, 4.69) is 48.5 Å². The number of benzene rings is 3. The van der Waals surface area contributed by atoms with Crippen molar-refractivity contribution in [2.75, 3.05) is 23.8 Å². The summed E-state index contributed by atoms with van der Waals surface area (Å²) >= 11 is 0. The van der Waals surface area contributed by atoms with Crippen molar-refractivity contribution in [3.8, 4) is 0 Å². The fourth-order valence-corrected chi connectivity index (χ4v) is 2.84. The smallest absolute Gasteiger partial charge is 0.123 e. The molecule has 0 fully saturated rings. The van der Waals surface area contributed by atoms with E-state index >= 15 is 0 Å². The highest BCUT2D eigenvalue weighted by Gasteiger charge is 2.15. The molecular weight excluding hydrogens is 311 g/mol. The molecule has 0 aromatic heterocycles. The summed E-state index contributed by atoms with van der Waals surface area (Å²) in [5.74, 6) is -0.214. The molecule has 0 aliphatic rings. The summed E-state index contributed by atoms with van der Waals surface area (Å²) in [6.07, 6.45) is 0. The van der Waals surface area contributed by atoms with Crippen molar-refractivity contribution in [3.63, 3.8) is 0 Å². The molecule has 1 N–H and O–H groups in total. The average molecular weight is 334 g/mol. The molecule has 0 heterocycles. The fourth-order valence-electron chi connectivity index (χ4n) is 2.84. The molecule has 1 unspecified atom stereocenters. The number of halogens is 1. The predicted molar refractivity (Wildman–Crippen MR) is 104 cm³/mol. The summed E-state index contributed by atoms with van der Waals surface area (Å²) < 4.78 is 13.3. The second kappa shape index (κ2) is 7.84. The van der Waals surface area contributed by atoms with Crippen molar-refractivity contribution in [3.05, 3.63) is 95.8 Å². The van der Waals surface area contributed by atoms with Gasteiger partial charge in [-0.1, -0.05) is 48.0 Å². The summed E-state index contributed by atoms with van der Waals surface area (Å²) in [5.41, 5.74) is 4.51. The Labute approximate surface area is 148 Å². The van der Waals surface area contributed by atoms with Crippen LogP contribution in [0.2, 0.25) is 0 Å². The maximum absolute atomic E-state index is 13.3. The molecule has 0 aliphatic heterocycles. The minimum Gasteiger partial charge on any atom is -0.376 e. The van der Waals surface area contributed by atoms with E-state index in [4.69, 9.17) is 0 Å². The molecule has 0 radical (unpaired) electrons. The van der Waals surface area contributed by atoms with Crippen molar-refractivity contribution in [2.24, 2.45) is 0 Å². The molecule has 128 valence electrons. The van der Waals surface area contributed by atoms with E-state index in [-0.39, 0.29) is 11.9 Å². The Bertz CT molecular complexity index is 783. The number of hydrogen-bond donors (Lipinski definition) is 1. The second-order valence-electron chi connectivity index (χ2n) is 6.33. The number of anilines is 2. The molecule has 0 amide bonds. The molecule has 0 bridgehead atoms. The lowest BCUT2D eigenvalue weighted by molar-refractivity contribution is 0.625. The summed E-state index contributed by atoms with van der Waals surface area (Å²) in [6, 6.07) is 25.4. The normalized spacial score (nSPS) is 11.8. The van der Waals surface area contributed by atoms with E-state index in [9.17, 15) is 4.39 Å². The van der Waals surface area contributed by atoms with Gasteiger partial charge in [0, 0.05) is 25.0 Å². The number of nitrogens with zero attached hydrogens (tertiary/aromatic N) is 1. The van der Waals surface area contributed by atoms with Gasteiger partial charge in [0.1, 0.15) is 5.82 Å². The van der Waals surface area contributed by atoms with Crippen molar-refractivity contribution in [1.82, 2.24) is 0 Å². The van der Waals surface area contributed by atoms with Crippen molar-refractivity contribution in [1.29, 1.82) is 0 Å². The lowest BCUT2D eigenvalue weighted by Gasteiger charge is -2.28. The van der Waals surface area contributed by atoms with Gasteiger partial charge in [0.15, 0.2) is 0 Å². The third-order valence-electron chi connectivity index (χ3n) is 4.32. The van der Waals surface area contributed by atoms with E-state index in [0.717, 1.165) is 23.5 Å². The first-order chi connectivity index (χ1) is 12.1. The Morgan fingerprint density at radius 3 is 2.16 bits per heavy atom. The van der Waals surface area contributed by atoms with Crippen LogP contribution >= 0.6 is 0 Å². The maximum atomic E-state index is 13.3. The first kappa shape index (κ1) is 17.0. The van der Waals surface area contributed by atoms with Gasteiger partial charge in [0.25, 0.3) is 0 Å². The zero-order valence-corrected chi connectivity index (χ0v) is 14.6. The van der Waals surface area contributed by atoms with E-state index in [1.807, 2.05) is 42.5 Å². The molecule has 1 atom stereocenters. The van der Waals surface area contributed by atoms with Crippen molar-refractivity contribution >= 4 is 11.4 Å². The quantitative estimate of drug-likeness (QED) is 0.647. The highest BCUT2D eigenvalue weighted by molar-refractivity contribution is 5.50. The largest absolute Gasteiger partial charge is 0.376 e. The Hall–Kier alpha value is -2.81. The molecule has 2 nitrogen and oxygen atoms in total. The zero-order chi connectivity index (χ0) is 17.6. The highest BCUT2D eigenvalue weighted by atomic mass is 19.1. The molecule has 25 heavy (non-hydrogen) atoms. The van der Waals surface area contributed by atoms with Crippen LogP contribution in [0.25, 0.3) is 0 Å². The van der Waals surface area contributed by atoms with Gasteiger partial charge in [-0.3, -0.25) is 0 Å². The third kappa shape index (κ3) is 4.60. The van der Waals surface area contributed by atoms with Crippen molar-refractivity contribution in [2.45, 2.75) is 13.0 Å². The summed E-state index contributed by atoms with van der Waals surface area (Å²) in [5, 5.41) is 3.56. The minimum absolute atomic E-state index is 0.0503. The van der Waals surface area contributed by atoms with Crippen LogP contribution in [0.1, 0.15) is 17.2 Å². The van der Waals surface area contributed by atoms with Gasteiger partial charge < -0.3 is 10.2 Å². The number of rotatable bonds is 6. The molecule has 0 spiro atoms. The van der Waals surface area contributed by atoms with Crippen LogP contribution in [0, 0.1) is 12.7 Å². The van der Waals surface area contributed by atoms with E-state index in [1.165, 1.54) is 17.7 Å². The molecule has 0 saturated heterocycles. The van der Waals surface area contributed by atoms with Crippen LogP contribution in [0.3, 0.4) is 0 Å². The Kier molecular flexibility index (Phi) is 5.34. The highest BCUT2D eigenvalue weighted by Crippen LogP contribution is 2.23. The fraction of sp³-hybridized carbons (Fsp3) is 0.182. The molecule has 3 aromatic rings. The van der Waals surface area contributed by atoms with Crippen LogP contribution in [0.15, 0.2) is 78.9 Å². The molecule has 3 aromatic carbocycles. The molecule has 3 heteroatoms. The van der Waals surface area contributed by atoms with Crippen LogP contribution in [0.5, 0.6) is 0 Å². The van der Waals surface area contributed by atoms with Crippen LogP contribution in [-0.4, -0.2) is 13.6 Å².